The van der Waals surface area contributed by atoms with Gasteiger partial charge in [0.25, 0.3) is 0 Å². The van der Waals surface area contributed by atoms with Gasteiger partial charge in [-0.3, -0.25) is 4.79 Å². The van der Waals surface area contributed by atoms with Crippen molar-refractivity contribution >= 4 is 5.91 Å². The number of aromatic hydroxyl groups is 1. The molecule has 0 unspecified atom stereocenters. The Labute approximate surface area is 102 Å². The molecule has 0 aliphatic heterocycles. The molecule has 0 aliphatic rings. The molecule has 1 aromatic carbocycles. The minimum Gasteiger partial charge on any atom is -0.508 e. The number of benzene rings is 1. The standard InChI is InChI=1S/C13H20N2O2/c1-10(2)13(17)15-8-7-14-9-11-3-5-12(16)6-4-11/h3-6,10,14,16H,7-9H2,1-2H3,(H,15,17). The summed E-state index contributed by atoms with van der Waals surface area (Å²) in [6.45, 7) is 5.85. The highest BCUT2D eigenvalue weighted by atomic mass is 16.3. The topological polar surface area (TPSA) is 61.4 Å². The molecule has 0 bridgehead atoms. The third-order valence-corrected chi connectivity index (χ3v) is 2.39. The molecular formula is C13H20N2O2. The number of phenolic OH excluding ortho intramolecular Hbond substituents is 1. The highest BCUT2D eigenvalue weighted by molar-refractivity contribution is 5.77. The van der Waals surface area contributed by atoms with Crippen molar-refractivity contribution < 1.29 is 9.90 Å². The van der Waals surface area contributed by atoms with Gasteiger partial charge in [0.15, 0.2) is 0 Å². The van der Waals surface area contributed by atoms with Gasteiger partial charge in [-0.05, 0) is 17.7 Å². The molecule has 0 radical (unpaired) electrons. The molecule has 4 nitrogen and oxygen atoms in total. The molecular weight excluding hydrogens is 216 g/mol. The molecule has 1 aromatic rings. The Morgan fingerprint density at radius 1 is 1.24 bits per heavy atom. The van der Waals surface area contributed by atoms with Crippen LogP contribution in [0.4, 0.5) is 0 Å². The summed E-state index contributed by atoms with van der Waals surface area (Å²) in [5, 5.41) is 15.2. The lowest BCUT2D eigenvalue weighted by Crippen LogP contribution is -2.34. The van der Waals surface area contributed by atoms with Gasteiger partial charge in [0, 0.05) is 25.6 Å². The zero-order valence-corrected chi connectivity index (χ0v) is 10.4. The summed E-state index contributed by atoms with van der Waals surface area (Å²) in [7, 11) is 0. The Hall–Kier alpha value is -1.55. The van der Waals surface area contributed by atoms with Crippen LogP contribution < -0.4 is 10.6 Å². The largest absolute Gasteiger partial charge is 0.508 e. The van der Waals surface area contributed by atoms with Crippen molar-refractivity contribution in [2.24, 2.45) is 5.92 Å². The van der Waals surface area contributed by atoms with Gasteiger partial charge in [0.05, 0.1) is 0 Å². The number of carbonyl (C=O) groups excluding carboxylic acids is 1. The third-order valence-electron chi connectivity index (χ3n) is 2.39. The number of carbonyl (C=O) groups is 1. The summed E-state index contributed by atoms with van der Waals surface area (Å²) >= 11 is 0. The quantitative estimate of drug-likeness (QED) is 0.651. The molecule has 0 saturated heterocycles. The van der Waals surface area contributed by atoms with Crippen LogP contribution in [0.2, 0.25) is 0 Å². The first kappa shape index (κ1) is 13.5. The van der Waals surface area contributed by atoms with Crippen LogP contribution in [0, 0.1) is 5.92 Å². The summed E-state index contributed by atoms with van der Waals surface area (Å²) in [5.74, 6) is 0.390. The van der Waals surface area contributed by atoms with Gasteiger partial charge in [-0.2, -0.15) is 0 Å². The molecule has 0 saturated carbocycles. The second-order valence-corrected chi connectivity index (χ2v) is 4.29. The van der Waals surface area contributed by atoms with Crippen molar-refractivity contribution in [1.29, 1.82) is 0 Å². The Bertz CT molecular complexity index is 347. The van der Waals surface area contributed by atoms with Crippen molar-refractivity contribution in [1.82, 2.24) is 10.6 Å². The van der Waals surface area contributed by atoms with E-state index in [1.807, 2.05) is 26.0 Å². The zero-order valence-electron chi connectivity index (χ0n) is 10.4. The molecule has 0 atom stereocenters. The lowest BCUT2D eigenvalue weighted by Gasteiger charge is -2.08. The molecule has 0 fully saturated rings. The minimum atomic E-state index is 0.0344. The van der Waals surface area contributed by atoms with E-state index in [-0.39, 0.29) is 17.6 Å². The Morgan fingerprint density at radius 2 is 1.88 bits per heavy atom. The maximum Gasteiger partial charge on any atom is 0.222 e. The fraction of sp³-hybridized carbons (Fsp3) is 0.462. The van der Waals surface area contributed by atoms with E-state index in [9.17, 15) is 4.79 Å². The van der Waals surface area contributed by atoms with E-state index < -0.39 is 0 Å². The molecule has 17 heavy (non-hydrogen) atoms. The molecule has 1 rings (SSSR count). The Morgan fingerprint density at radius 3 is 2.47 bits per heavy atom. The van der Waals surface area contributed by atoms with E-state index in [0.717, 1.165) is 18.7 Å². The average Bonchev–Trinajstić information content (AvgIpc) is 2.30. The van der Waals surface area contributed by atoms with Crippen molar-refractivity contribution in [3.8, 4) is 5.75 Å². The summed E-state index contributed by atoms with van der Waals surface area (Å²) in [6, 6.07) is 7.07. The highest BCUT2D eigenvalue weighted by Crippen LogP contribution is 2.08. The van der Waals surface area contributed by atoms with Crippen LogP contribution in [0.15, 0.2) is 24.3 Å². The van der Waals surface area contributed by atoms with Gasteiger partial charge in [0.1, 0.15) is 5.75 Å². The number of hydrogen-bond donors (Lipinski definition) is 3. The monoisotopic (exact) mass is 236 g/mol. The number of amides is 1. The van der Waals surface area contributed by atoms with E-state index in [1.54, 1.807) is 12.1 Å². The predicted octanol–water partition coefficient (Wildman–Crippen LogP) is 1.25. The fourth-order valence-electron chi connectivity index (χ4n) is 1.32. The van der Waals surface area contributed by atoms with Crippen LogP contribution >= 0.6 is 0 Å². The molecule has 4 heteroatoms. The SMILES string of the molecule is CC(C)C(=O)NCCNCc1ccc(O)cc1. The number of nitrogens with one attached hydrogen (secondary N) is 2. The number of phenols is 1. The summed E-state index contributed by atoms with van der Waals surface area (Å²) in [4.78, 5) is 11.2. The van der Waals surface area contributed by atoms with Crippen molar-refractivity contribution in [2.45, 2.75) is 20.4 Å². The lowest BCUT2D eigenvalue weighted by molar-refractivity contribution is -0.123. The predicted molar refractivity (Wildman–Crippen MR) is 67.7 cm³/mol. The minimum absolute atomic E-state index is 0.0344. The second kappa shape index (κ2) is 6.91. The van der Waals surface area contributed by atoms with Gasteiger partial charge < -0.3 is 15.7 Å². The van der Waals surface area contributed by atoms with Crippen molar-refractivity contribution in [2.75, 3.05) is 13.1 Å². The Kier molecular flexibility index (Phi) is 5.49. The van der Waals surface area contributed by atoms with Crippen LogP contribution in [0.1, 0.15) is 19.4 Å². The van der Waals surface area contributed by atoms with Gasteiger partial charge in [-0.15, -0.1) is 0 Å². The molecule has 1 amide bonds. The first-order valence-electron chi connectivity index (χ1n) is 5.86. The number of rotatable bonds is 6. The fourth-order valence-corrected chi connectivity index (χ4v) is 1.32. The smallest absolute Gasteiger partial charge is 0.222 e. The molecule has 3 N–H and O–H groups in total. The van der Waals surface area contributed by atoms with Crippen LogP contribution in [0.5, 0.6) is 5.75 Å². The van der Waals surface area contributed by atoms with Gasteiger partial charge in [-0.1, -0.05) is 26.0 Å². The van der Waals surface area contributed by atoms with Gasteiger partial charge >= 0.3 is 0 Å². The maximum atomic E-state index is 11.2. The lowest BCUT2D eigenvalue weighted by atomic mass is 10.2. The van der Waals surface area contributed by atoms with Crippen LogP contribution in [0.3, 0.4) is 0 Å². The average molecular weight is 236 g/mol. The van der Waals surface area contributed by atoms with Crippen LogP contribution in [-0.2, 0) is 11.3 Å². The third kappa shape index (κ3) is 5.36. The summed E-state index contributed by atoms with van der Waals surface area (Å²) < 4.78 is 0. The number of hydrogen-bond acceptors (Lipinski definition) is 3. The first-order valence-corrected chi connectivity index (χ1v) is 5.86. The normalized spacial score (nSPS) is 10.5. The zero-order chi connectivity index (χ0) is 12.7. The van der Waals surface area contributed by atoms with Crippen molar-refractivity contribution in [3.05, 3.63) is 29.8 Å². The van der Waals surface area contributed by atoms with E-state index >= 15 is 0 Å². The van der Waals surface area contributed by atoms with Crippen LogP contribution in [-0.4, -0.2) is 24.1 Å². The molecule has 0 heterocycles. The van der Waals surface area contributed by atoms with Gasteiger partial charge in [-0.25, -0.2) is 0 Å². The molecule has 0 aromatic heterocycles. The molecule has 94 valence electrons. The van der Waals surface area contributed by atoms with E-state index in [1.165, 1.54) is 0 Å². The van der Waals surface area contributed by atoms with E-state index in [0.29, 0.717) is 6.54 Å². The highest BCUT2D eigenvalue weighted by Gasteiger charge is 2.04. The van der Waals surface area contributed by atoms with Crippen molar-refractivity contribution in [3.63, 3.8) is 0 Å². The van der Waals surface area contributed by atoms with E-state index in [4.69, 9.17) is 5.11 Å². The maximum absolute atomic E-state index is 11.2. The molecule has 0 aliphatic carbocycles. The first-order chi connectivity index (χ1) is 8.09. The Balaban J connectivity index is 2.12. The second-order valence-electron chi connectivity index (χ2n) is 4.29. The van der Waals surface area contributed by atoms with Gasteiger partial charge in [0.2, 0.25) is 5.91 Å². The molecule has 0 spiro atoms. The summed E-state index contributed by atoms with van der Waals surface area (Å²) in [6.07, 6.45) is 0. The van der Waals surface area contributed by atoms with E-state index in [2.05, 4.69) is 10.6 Å². The van der Waals surface area contributed by atoms with Crippen LogP contribution in [0.25, 0.3) is 0 Å². The summed E-state index contributed by atoms with van der Waals surface area (Å²) in [5.41, 5.74) is 1.11.